The fourth-order valence-corrected chi connectivity index (χ4v) is 3.37. The number of esters is 3. The molecule has 6 nitrogen and oxygen atoms in total. The number of carbonyl (C=O) groups excluding carboxylic acids is 3. The van der Waals surface area contributed by atoms with Crippen molar-refractivity contribution < 1.29 is 28.6 Å². The Kier molecular flexibility index (Phi) is 6.97. The summed E-state index contributed by atoms with van der Waals surface area (Å²) in [6, 6.07) is 12.8. The van der Waals surface area contributed by atoms with Crippen molar-refractivity contribution >= 4 is 17.9 Å². The van der Waals surface area contributed by atoms with E-state index in [9.17, 15) is 14.4 Å². The van der Waals surface area contributed by atoms with Crippen molar-refractivity contribution in [3.8, 4) is 16.9 Å². The summed E-state index contributed by atoms with van der Waals surface area (Å²) >= 11 is 0. The van der Waals surface area contributed by atoms with Gasteiger partial charge in [0.15, 0.2) is 6.10 Å². The van der Waals surface area contributed by atoms with Crippen LogP contribution >= 0.6 is 0 Å². The Morgan fingerprint density at radius 2 is 1.30 bits per heavy atom. The molecule has 1 aliphatic carbocycles. The summed E-state index contributed by atoms with van der Waals surface area (Å²) in [4.78, 5) is 36.0. The van der Waals surface area contributed by atoms with Gasteiger partial charge in [-0.1, -0.05) is 50.1 Å². The van der Waals surface area contributed by atoms with Crippen LogP contribution in [0.2, 0.25) is 0 Å². The Labute approximate surface area is 193 Å². The van der Waals surface area contributed by atoms with Crippen molar-refractivity contribution in [1.82, 2.24) is 0 Å². The van der Waals surface area contributed by atoms with Gasteiger partial charge in [0.1, 0.15) is 11.9 Å². The van der Waals surface area contributed by atoms with E-state index in [1.807, 2.05) is 30.3 Å². The van der Waals surface area contributed by atoms with Crippen molar-refractivity contribution in [2.45, 2.75) is 39.4 Å². The number of fused-ring (bicyclic) bond motifs is 1. The van der Waals surface area contributed by atoms with Crippen molar-refractivity contribution in [3.63, 3.8) is 0 Å². The van der Waals surface area contributed by atoms with E-state index in [1.54, 1.807) is 32.9 Å². The first-order valence-electron chi connectivity index (χ1n) is 10.4. The van der Waals surface area contributed by atoms with Crippen LogP contribution < -0.4 is 4.74 Å². The molecule has 0 aromatic heterocycles. The molecule has 3 rings (SSSR count). The summed E-state index contributed by atoms with van der Waals surface area (Å²) in [5.74, 6) is -1.14. The predicted molar refractivity (Wildman–Crippen MR) is 124 cm³/mol. The SMILES string of the molecule is C=C(C)C(=O)Oc1ccc(-c2ccc3c(c2)CC(OC(=O)C(=C)C)C3OC(=O)C(=C)C)cc1. The standard InChI is InChI=1S/C27H26O6/c1-15(2)25(28)31-21-10-7-18(8-11-21)19-9-12-22-20(13-19)14-23(32-26(29)16(3)4)24(22)33-27(30)17(5)6/h7-13,23-24H,1,3,5,14H2,2,4,6H3. The van der Waals surface area contributed by atoms with Crippen LogP contribution in [0.3, 0.4) is 0 Å². The minimum Gasteiger partial charge on any atom is -0.454 e. The third-order valence-electron chi connectivity index (χ3n) is 5.14. The summed E-state index contributed by atoms with van der Waals surface area (Å²) in [5.41, 5.74) is 4.36. The minimum atomic E-state index is -0.731. The van der Waals surface area contributed by atoms with Crippen LogP contribution in [0.25, 0.3) is 11.1 Å². The first kappa shape index (κ1) is 23.7. The molecule has 33 heavy (non-hydrogen) atoms. The van der Waals surface area contributed by atoms with Crippen LogP contribution in [0.4, 0.5) is 0 Å². The zero-order valence-electron chi connectivity index (χ0n) is 19.0. The fourth-order valence-electron chi connectivity index (χ4n) is 3.37. The average molecular weight is 446 g/mol. The first-order chi connectivity index (χ1) is 15.6. The molecule has 1 aliphatic rings. The maximum atomic E-state index is 12.2. The van der Waals surface area contributed by atoms with Gasteiger partial charge >= 0.3 is 17.9 Å². The lowest BCUT2D eigenvalue weighted by Crippen LogP contribution is -2.26. The lowest BCUT2D eigenvalue weighted by Gasteiger charge is -2.21. The van der Waals surface area contributed by atoms with Gasteiger partial charge in [0, 0.05) is 23.1 Å². The number of benzene rings is 2. The fraction of sp³-hybridized carbons (Fsp3) is 0.222. The van der Waals surface area contributed by atoms with Crippen LogP contribution in [0, 0.1) is 0 Å². The number of hydrogen-bond donors (Lipinski definition) is 0. The van der Waals surface area contributed by atoms with Gasteiger partial charge in [-0.05, 0) is 55.2 Å². The number of rotatable bonds is 7. The van der Waals surface area contributed by atoms with Crippen molar-refractivity contribution in [1.29, 1.82) is 0 Å². The highest BCUT2D eigenvalue weighted by molar-refractivity contribution is 5.89. The second kappa shape index (κ2) is 9.69. The lowest BCUT2D eigenvalue weighted by molar-refractivity contribution is -0.161. The van der Waals surface area contributed by atoms with Gasteiger partial charge < -0.3 is 14.2 Å². The van der Waals surface area contributed by atoms with E-state index in [0.717, 1.165) is 22.3 Å². The molecule has 0 amide bonds. The van der Waals surface area contributed by atoms with E-state index >= 15 is 0 Å². The zero-order chi connectivity index (χ0) is 24.3. The molecular weight excluding hydrogens is 420 g/mol. The van der Waals surface area contributed by atoms with Gasteiger partial charge in [0.25, 0.3) is 0 Å². The van der Waals surface area contributed by atoms with E-state index in [0.29, 0.717) is 17.7 Å². The van der Waals surface area contributed by atoms with Gasteiger partial charge in [-0.15, -0.1) is 0 Å². The zero-order valence-corrected chi connectivity index (χ0v) is 19.0. The maximum Gasteiger partial charge on any atom is 0.338 e. The van der Waals surface area contributed by atoms with Crippen molar-refractivity contribution in [3.05, 3.63) is 90.0 Å². The predicted octanol–water partition coefficient (Wildman–Crippen LogP) is 5.04. The monoisotopic (exact) mass is 446 g/mol. The molecule has 0 bridgehead atoms. The van der Waals surface area contributed by atoms with Crippen molar-refractivity contribution in [2.75, 3.05) is 0 Å². The molecule has 2 aromatic rings. The quantitative estimate of drug-likeness (QED) is 0.337. The van der Waals surface area contributed by atoms with Gasteiger partial charge in [-0.3, -0.25) is 0 Å². The van der Waals surface area contributed by atoms with Crippen LogP contribution in [0.15, 0.2) is 78.9 Å². The van der Waals surface area contributed by atoms with Gasteiger partial charge in [-0.2, -0.15) is 0 Å². The largest absolute Gasteiger partial charge is 0.454 e. The summed E-state index contributed by atoms with van der Waals surface area (Å²) in [7, 11) is 0. The minimum absolute atomic E-state index is 0.262. The number of carbonyl (C=O) groups is 3. The Morgan fingerprint density at radius 1 is 0.758 bits per heavy atom. The molecule has 0 saturated heterocycles. The Bertz CT molecular complexity index is 1160. The highest BCUT2D eigenvalue weighted by Crippen LogP contribution is 2.39. The van der Waals surface area contributed by atoms with E-state index in [2.05, 4.69) is 19.7 Å². The van der Waals surface area contributed by atoms with Gasteiger partial charge in [0.2, 0.25) is 0 Å². The molecule has 0 heterocycles. The molecule has 6 heteroatoms. The van der Waals surface area contributed by atoms with Crippen LogP contribution in [0.5, 0.6) is 5.75 Å². The molecule has 0 spiro atoms. The number of ether oxygens (including phenoxy) is 3. The summed E-state index contributed by atoms with van der Waals surface area (Å²) < 4.78 is 16.4. The maximum absolute atomic E-state index is 12.2. The lowest BCUT2D eigenvalue weighted by atomic mass is 10.00. The molecule has 0 N–H and O–H groups in total. The van der Waals surface area contributed by atoms with Gasteiger partial charge in [-0.25, -0.2) is 14.4 Å². The van der Waals surface area contributed by atoms with Crippen LogP contribution in [-0.2, 0) is 30.3 Å². The first-order valence-corrected chi connectivity index (χ1v) is 10.4. The molecule has 0 aliphatic heterocycles. The third-order valence-corrected chi connectivity index (χ3v) is 5.14. The molecule has 170 valence electrons. The summed E-state index contributed by atoms with van der Waals surface area (Å²) in [6.07, 6.45) is -0.998. The second-order valence-corrected chi connectivity index (χ2v) is 8.14. The van der Waals surface area contributed by atoms with E-state index < -0.39 is 30.1 Å². The highest BCUT2D eigenvalue weighted by atomic mass is 16.6. The van der Waals surface area contributed by atoms with E-state index in [-0.39, 0.29) is 11.1 Å². The molecule has 2 aromatic carbocycles. The number of hydrogen-bond acceptors (Lipinski definition) is 6. The Balaban J connectivity index is 1.86. The molecular formula is C27H26O6. The van der Waals surface area contributed by atoms with Crippen molar-refractivity contribution in [2.24, 2.45) is 0 Å². The normalized spacial score (nSPS) is 16.3. The molecule has 0 saturated carbocycles. The van der Waals surface area contributed by atoms with E-state index in [4.69, 9.17) is 14.2 Å². The molecule has 0 fully saturated rings. The summed E-state index contributed by atoms with van der Waals surface area (Å²) in [6.45, 7) is 15.5. The smallest absolute Gasteiger partial charge is 0.338 e. The Morgan fingerprint density at radius 3 is 1.88 bits per heavy atom. The highest BCUT2D eigenvalue weighted by Gasteiger charge is 2.38. The van der Waals surface area contributed by atoms with Crippen LogP contribution in [0.1, 0.15) is 38.0 Å². The third kappa shape index (κ3) is 5.47. The Hall–Kier alpha value is -3.93. The topological polar surface area (TPSA) is 78.9 Å². The van der Waals surface area contributed by atoms with E-state index in [1.165, 1.54) is 0 Å². The molecule has 2 atom stereocenters. The molecule has 2 unspecified atom stereocenters. The van der Waals surface area contributed by atoms with Gasteiger partial charge in [0.05, 0.1) is 0 Å². The van der Waals surface area contributed by atoms with Crippen LogP contribution in [-0.4, -0.2) is 24.0 Å². The molecule has 0 radical (unpaired) electrons. The average Bonchev–Trinajstić information content (AvgIpc) is 3.09. The second-order valence-electron chi connectivity index (χ2n) is 8.14. The summed E-state index contributed by atoms with van der Waals surface area (Å²) in [5, 5.41) is 0.